The Balaban J connectivity index is 2.70. The zero-order chi connectivity index (χ0) is 13.0. The first kappa shape index (κ1) is 13.6. The van der Waals surface area contributed by atoms with Crippen molar-refractivity contribution in [3.8, 4) is 0 Å². The lowest BCUT2D eigenvalue weighted by atomic mass is 9.96. The van der Waals surface area contributed by atoms with Crippen LogP contribution in [0.3, 0.4) is 0 Å². The quantitative estimate of drug-likeness (QED) is 0.814. The SMILES string of the molecule is CC(C)C(C)C(=O)N(C)Cc1ccccc1N. The number of hydrogen-bond donors (Lipinski definition) is 1. The molecule has 17 heavy (non-hydrogen) atoms. The molecule has 1 unspecified atom stereocenters. The molecule has 1 aromatic rings. The van der Waals surface area contributed by atoms with Gasteiger partial charge in [0.15, 0.2) is 0 Å². The van der Waals surface area contributed by atoms with Crippen LogP contribution in [-0.4, -0.2) is 17.9 Å². The Morgan fingerprint density at radius 3 is 2.41 bits per heavy atom. The first-order chi connectivity index (χ1) is 7.93. The van der Waals surface area contributed by atoms with Crippen LogP contribution >= 0.6 is 0 Å². The predicted molar refractivity (Wildman–Crippen MR) is 71.3 cm³/mol. The molecule has 0 aliphatic rings. The molecule has 1 aromatic carbocycles. The Bertz CT molecular complexity index is 388. The van der Waals surface area contributed by atoms with Gasteiger partial charge in [-0.2, -0.15) is 0 Å². The van der Waals surface area contributed by atoms with Crippen LogP contribution in [0.1, 0.15) is 26.3 Å². The molecule has 0 aliphatic carbocycles. The second-order valence-corrected chi connectivity index (χ2v) is 4.93. The van der Waals surface area contributed by atoms with E-state index >= 15 is 0 Å². The standard InChI is InChI=1S/C14H22N2O/c1-10(2)11(3)14(17)16(4)9-12-7-5-6-8-13(12)15/h5-8,10-11H,9,15H2,1-4H3. The van der Waals surface area contributed by atoms with Crippen LogP contribution in [0.15, 0.2) is 24.3 Å². The third kappa shape index (κ3) is 3.48. The van der Waals surface area contributed by atoms with Gasteiger partial charge in [-0.25, -0.2) is 0 Å². The van der Waals surface area contributed by atoms with Gasteiger partial charge in [0.05, 0.1) is 0 Å². The smallest absolute Gasteiger partial charge is 0.225 e. The number of carbonyl (C=O) groups is 1. The highest BCUT2D eigenvalue weighted by atomic mass is 16.2. The van der Waals surface area contributed by atoms with E-state index in [2.05, 4.69) is 13.8 Å². The molecule has 0 radical (unpaired) electrons. The van der Waals surface area contributed by atoms with Crippen LogP contribution in [0.2, 0.25) is 0 Å². The monoisotopic (exact) mass is 234 g/mol. The molecule has 94 valence electrons. The largest absolute Gasteiger partial charge is 0.398 e. The average molecular weight is 234 g/mol. The van der Waals surface area contributed by atoms with Crippen molar-refractivity contribution in [3.05, 3.63) is 29.8 Å². The molecule has 0 fully saturated rings. The van der Waals surface area contributed by atoms with Crippen LogP contribution in [0.4, 0.5) is 5.69 Å². The molecule has 0 saturated heterocycles. The van der Waals surface area contributed by atoms with Crippen LogP contribution in [0.5, 0.6) is 0 Å². The highest BCUT2D eigenvalue weighted by Gasteiger charge is 2.20. The van der Waals surface area contributed by atoms with E-state index in [1.807, 2.05) is 38.2 Å². The van der Waals surface area contributed by atoms with E-state index in [0.717, 1.165) is 11.3 Å². The fourth-order valence-electron chi connectivity index (χ4n) is 1.64. The molecule has 0 aliphatic heterocycles. The van der Waals surface area contributed by atoms with E-state index in [-0.39, 0.29) is 11.8 Å². The molecule has 0 spiro atoms. The molecule has 2 N–H and O–H groups in total. The van der Waals surface area contributed by atoms with Crippen LogP contribution < -0.4 is 5.73 Å². The minimum atomic E-state index is 0.0462. The van der Waals surface area contributed by atoms with Gasteiger partial charge >= 0.3 is 0 Å². The molecule has 1 atom stereocenters. The van der Waals surface area contributed by atoms with E-state index in [1.54, 1.807) is 4.90 Å². The number of nitrogen functional groups attached to an aromatic ring is 1. The van der Waals surface area contributed by atoms with E-state index in [1.165, 1.54) is 0 Å². The summed E-state index contributed by atoms with van der Waals surface area (Å²) in [6, 6.07) is 7.66. The summed E-state index contributed by atoms with van der Waals surface area (Å²) in [6.45, 7) is 6.67. The lowest BCUT2D eigenvalue weighted by Crippen LogP contribution is -2.33. The van der Waals surface area contributed by atoms with Gasteiger partial charge in [-0.3, -0.25) is 4.79 Å². The van der Waals surface area contributed by atoms with Crippen molar-refractivity contribution >= 4 is 11.6 Å². The number of nitrogens with two attached hydrogens (primary N) is 1. The molecule has 1 rings (SSSR count). The summed E-state index contributed by atoms with van der Waals surface area (Å²) in [7, 11) is 1.83. The number of amides is 1. The number of carbonyl (C=O) groups excluding carboxylic acids is 1. The topological polar surface area (TPSA) is 46.3 Å². The van der Waals surface area contributed by atoms with Gasteiger partial charge in [-0.05, 0) is 17.5 Å². The minimum absolute atomic E-state index is 0.0462. The third-order valence-corrected chi connectivity index (χ3v) is 3.23. The van der Waals surface area contributed by atoms with Crippen LogP contribution in [0, 0.1) is 11.8 Å². The van der Waals surface area contributed by atoms with Gasteiger partial charge in [0, 0.05) is 25.2 Å². The molecule has 3 nitrogen and oxygen atoms in total. The summed E-state index contributed by atoms with van der Waals surface area (Å²) < 4.78 is 0. The first-order valence-corrected chi connectivity index (χ1v) is 6.01. The predicted octanol–water partition coefficient (Wildman–Crippen LogP) is 2.52. The van der Waals surface area contributed by atoms with Gasteiger partial charge in [0.1, 0.15) is 0 Å². The van der Waals surface area contributed by atoms with Crippen molar-refractivity contribution in [3.63, 3.8) is 0 Å². The molecule has 1 amide bonds. The fraction of sp³-hybridized carbons (Fsp3) is 0.500. The lowest BCUT2D eigenvalue weighted by molar-refractivity contribution is -0.135. The first-order valence-electron chi connectivity index (χ1n) is 6.01. The Kier molecular flexibility index (Phi) is 4.55. The molecule has 3 heteroatoms. The second kappa shape index (κ2) is 5.71. The van der Waals surface area contributed by atoms with Crippen molar-refractivity contribution in [2.45, 2.75) is 27.3 Å². The van der Waals surface area contributed by atoms with E-state index in [9.17, 15) is 4.79 Å². The molecule has 0 aromatic heterocycles. The molecule has 0 saturated carbocycles. The maximum Gasteiger partial charge on any atom is 0.225 e. The Hall–Kier alpha value is -1.51. The third-order valence-electron chi connectivity index (χ3n) is 3.23. The number of rotatable bonds is 4. The van der Waals surface area contributed by atoms with Gasteiger partial charge in [0.25, 0.3) is 0 Å². The number of benzene rings is 1. The highest BCUT2D eigenvalue weighted by Crippen LogP contribution is 2.17. The summed E-state index contributed by atoms with van der Waals surface area (Å²) >= 11 is 0. The van der Waals surface area contributed by atoms with Crippen molar-refractivity contribution in [2.24, 2.45) is 11.8 Å². The van der Waals surface area contributed by atoms with Crippen LogP contribution in [-0.2, 0) is 11.3 Å². The summed E-state index contributed by atoms with van der Waals surface area (Å²) in [5.41, 5.74) is 7.61. The van der Waals surface area contributed by atoms with Gasteiger partial charge in [-0.1, -0.05) is 39.0 Å². The summed E-state index contributed by atoms with van der Waals surface area (Å²) in [4.78, 5) is 13.8. The second-order valence-electron chi connectivity index (χ2n) is 4.93. The van der Waals surface area contributed by atoms with Gasteiger partial charge in [-0.15, -0.1) is 0 Å². The fourth-order valence-corrected chi connectivity index (χ4v) is 1.64. The van der Waals surface area contributed by atoms with Crippen molar-refractivity contribution in [2.75, 3.05) is 12.8 Å². The Morgan fingerprint density at radius 2 is 1.88 bits per heavy atom. The molecular formula is C14H22N2O. The van der Waals surface area contributed by atoms with Crippen molar-refractivity contribution in [1.29, 1.82) is 0 Å². The normalized spacial score (nSPS) is 12.5. The van der Waals surface area contributed by atoms with E-state index < -0.39 is 0 Å². The Morgan fingerprint density at radius 1 is 1.29 bits per heavy atom. The summed E-state index contributed by atoms with van der Waals surface area (Å²) in [6.07, 6.45) is 0. The molecule has 0 bridgehead atoms. The zero-order valence-electron chi connectivity index (χ0n) is 11.1. The Labute approximate surface area is 104 Å². The van der Waals surface area contributed by atoms with Crippen molar-refractivity contribution < 1.29 is 4.79 Å². The van der Waals surface area contributed by atoms with Gasteiger partial charge in [0.2, 0.25) is 5.91 Å². The number of anilines is 1. The van der Waals surface area contributed by atoms with E-state index in [0.29, 0.717) is 12.5 Å². The maximum atomic E-state index is 12.1. The minimum Gasteiger partial charge on any atom is -0.398 e. The van der Waals surface area contributed by atoms with E-state index in [4.69, 9.17) is 5.73 Å². The van der Waals surface area contributed by atoms with Gasteiger partial charge < -0.3 is 10.6 Å². The summed E-state index contributed by atoms with van der Waals surface area (Å²) in [5, 5.41) is 0. The molecule has 0 heterocycles. The van der Waals surface area contributed by atoms with Crippen molar-refractivity contribution in [1.82, 2.24) is 4.90 Å². The number of nitrogens with zero attached hydrogens (tertiary/aromatic N) is 1. The molecular weight excluding hydrogens is 212 g/mol. The number of hydrogen-bond acceptors (Lipinski definition) is 2. The summed E-state index contributed by atoms with van der Waals surface area (Å²) in [5.74, 6) is 0.575. The number of para-hydroxylation sites is 1. The zero-order valence-corrected chi connectivity index (χ0v) is 11.1. The maximum absolute atomic E-state index is 12.1. The van der Waals surface area contributed by atoms with Crippen LogP contribution in [0.25, 0.3) is 0 Å². The average Bonchev–Trinajstić information content (AvgIpc) is 2.30. The lowest BCUT2D eigenvalue weighted by Gasteiger charge is -2.24. The highest BCUT2D eigenvalue weighted by molar-refractivity contribution is 5.78.